The molecule has 0 aliphatic carbocycles. The summed E-state index contributed by atoms with van der Waals surface area (Å²) in [5.41, 5.74) is 0.422. The lowest BCUT2D eigenvalue weighted by atomic mass is 10.1. The molecule has 98 valence electrons. The molecule has 3 heterocycles. The van der Waals surface area contributed by atoms with E-state index < -0.39 is 0 Å². The average molecular weight is 250 g/mol. The van der Waals surface area contributed by atoms with E-state index in [4.69, 9.17) is 4.52 Å². The molecule has 2 aliphatic heterocycles. The summed E-state index contributed by atoms with van der Waals surface area (Å²) in [5.74, 6) is 0.663. The molecule has 2 saturated heterocycles. The molecule has 0 spiro atoms. The van der Waals surface area contributed by atoms with Crippen LogP contribution in [0.4, 0.5) is 0 Å². The minimum Gasteiger partial charge on any atom is -0.361 e. The Morgan fingerprint density at radius 1 is 1.44 bits per heavy atom. The molecule has 0 bridgehead atoms. The number of nitrogens with zero attached hydrogens (tertiary/aromatic N) is 3. The third-order valence-electron chi connectivity index (χ3n) is 3.66. The highest BCUT2D eigenvalue weighted by Gasteiger charge is 2.36. The van der Waals surface area contributed by atoms with Gasteiger partial charge in [0.25, 0.3) is 5.91 Å². The van der Waals surface area contributed by atoms with E-state index in [9.17, 15) is 4.79 Å². The van der Waals surface area contributed by atoms with Crippen molar-refractivity contribution in [2.75, 3.05) is 39.3 Å². The van der Waals surface area contributed by atoms with Gasteiger partial charge in [0, 0.05) is 51.4 Å². The molecule has 6 nitrogen and oxygen atoms in total. The molecular formula is C12H18N4O2. The summed E-state index contributed by atoms with van der Waals surface area (Å²) >= 11 is 0. The number of aryl methyl sites for hydroxylation is 1. The zero-order valence-electron chi connectivity index (χ0n) is 10.6. The second kappa shape index (κ2) is 4.70. The molecule has 1 N–H and O–H groups in total. The van der Waals surface area contributed by atoms with E-state index in [1.165, 1.54) is 0 Å². The van der Waals surface area contributed by atoms with Crippen molar-refractivity contribution in [2.24, 2.45) is 0 Å². The maximum absolute atomic E-state index is 12.0. The molecule has 1 amide bonds. The first kappa shape index (κ1) is 11.7. The Balaban J connectivity index is 1.53. The molecule has 1 aromatic rings. The lowest BCUT2D eigenvalue weighted by Gasteiger charge is -2.46. The van der Waals surface area contributed by atoms with Crippen LogP contribution in [-0.4, -0.2) is 66.2 Å². The van der Waals surface area contributed by atoms with Crippen LogP contribution in [0.3, 0.4) is 0 Å². The maximum atomic E-state index is 12.0. The summed E-state index contributed by atoms with van der Waals surface area (Å²) in [6.45, 7) is 7.67. The fourth-order valence-electron chi connectivity index (χ4n) is 2.53. The Kier molecular flexibility index (Phi) is 3.05. The van der Waals surface area contributed by atoms with Crippen molar-refractivity contribution >= 4 is 5.91 Å². The minimum atomic E-state index is -0.0155. The van der Waals surface area contributed by atoms with Gasteiger partial charge in [0.1, 0.15) is 5.76 Å². The zero-order valence-corrected chi connectivity index (χ0v) is 10.6. The van der Waals surface area contributed by atoms with Gasteiger partial charge in [-0.15, -0.1) is 0 Å². The fourth-order valence-corrected chi connectivity index (χ4v) is 2.53. The van der Waals surface area contributed by atoms with Crippen molar-refractivity contribution in [1.82, 2.24) is 20.3 Å². The van der Waals surface area contributed by atoms with Crippen LogP contribution in [-0.2, 0) is 0 Å². The summed E-state index contributed by atoms with van der Waals surface area (Å²) in [6, 6.07) is 2.21. The number of likely N-dealkylation sites (tertiary alicyclic amines) is 1. The molecule has 0 atom stereocenters. The predicted octanol–water partition coefficient (Wildman–Crippen LogP) is -0.287. The Morgan fingerprint density at radius 3 is 2.78 bits per heavy atom. The van der Waals surface area contributed by atoms with E-state index in [0.717, 1.165) is 39.3 Å². The van der Waals surface area contributed by atoms with Gasteiger partial charge < -0.3 is 14.7 Å². The Bertz CT molecular complexity index is 433. The standard InChI is InChI=1S/C12H18N4O2/c1-9-6-11(14-18-9)12(17)16-7-10(8-16)15-4-2-13-3-5-15/h6,10,13H,2-5,7-8H2,1H3. The molecule has 0 radical (unpaired) electrons. The molecule has 0 unspecified atom stereocenters. The van der Waals surface area contributed by atoms with E-state index in [2.05, 4.69) is 15.4 Å². The van der Waals surface area contributed by atoms with E-state index >= 15 is 0 Å². The molecule has 1 aromatic heterocycles. The van der Waals surface area contributed by atoms with Gasteiger partial charge in [-0.2, -0.15) is 0 Å². The normalized spacial score (nSPS) is 21.9. The Labute approximate surface area is 106 Å². The third-order valence-corrected chi connectivity index (χ3v) is 3.66. The first-order chi connectivity index (χ1) is 8.74. The third kappa shape index (κ3) is 2.13. The number of hydrogen-bond donors (Lipinski definition) is 1. The second-order valence-corrected chi connectivity index (χ2v) is 4.97. The summed E-state index contributed by atoms with van der Waals surface area (Å²) in [6.07, 6.45) is 0. The lowest BCUT2D eigenvalue weighted by molar-refractivity contribution is 0.0220. The van der Waals surface area contributed by atoms with Crippen molar-refractivity contribution in [3.05, 3.63) is 17.5 Å². The molecular weight excluding hydrogens is 232 g/mol. The molecule has 0 saturated carbocycles. The number of carbonyl (C=O) groups is 1. The van der Waals surface area contributed by atoms with Crippen molar-refractivity contribution < 1.29 is 9.32 Å². The van der Waals surface area contributed by atoms with E-state index in [0.29, 0.717) is 17.5 Å². The van der Waals surface area contributed by atoms with Crippen molar-refractivity contribution in [2.45, 2.75) is 13.0 Å². The predicted molar refractivity (Wildman–Crippen MR) is 65.4 cm³/mol. The smallest absolute Gasteiger partial charge is 0.276 e. The first-order valence-electron chi connectivity index (χ1n) is 6.41. The lowest BCUT2D eigenvalue weighted by Crippen LogP contribution is -2.63. The van der Waals surface area contributed by atoms with Crippen molar-refractivity contribution in [3.63, 3.8) is 0 Å². The van der Waals surface area contributed by atoms with Crippen LogP contribution in [0, 0.1) is 6.92 Å². The minimum absolute atomic E-state index is 0.0155. The number of nitrogens with one attached hydrogen (secondary N) is 1. The SMILES string of the molecule is Cc1cc(C(=O)N2CC(N3CCNCC3)C2)no1. The van der Waals surface area contributed by atoms with Gasteiger partial charge in [0.05, 0.1) is 0 Å². The number of aromatic nitrogens is 1. The van der Waals surface area contributed by atoms with Crippen LogP contribution >= 0.6 is 0 Å². The largest absolute Gasteiger partial charge is 0.361 e. The highest BCUT2D eigenvalue weighted by atomic mass is 16.5. The van der Waals surface area contributed by atoms with Crippen LogP contribution in [0.1, 0.15) is 16.2 Å². The quantitative estimate of drug-likeness (QED) is 0.781. The molecule has 3 rings (SSSR count). The molecule has 0 aromatic carbocycles. The summed E-state index contributed by atoms with van der Waals surface area (Å²) in [5, 5.41) is 7.10. The molecule has 2 fully saturated rings. The van der Waals surface area contributed by atoms with Crippen LogP contribution in [0.5, 0.6) is 0 Å². The van der Waals surface area contributed by atoms with Gasteiger partial charge in [0.2, 0.25) is 0 Å². The molecule has 2 aliphatic rings. The van der Waals surface area contributed by atoms with Gasteiger partial charge in [-0.3, -0.25) is 9.69 Å². The number of carbonyl (C=O) groups excluding carboxylic acids is 1. The number of rotatable bonds is 2. The monoisotopic (exact) mass is 250 g/mol. The fraction of sp³-hybridized carbons (Fsp3) is 0.667. The van der Waals surface area contributed by atoms with E-state index in [1.54, 1.807) is 13.0 Å². The van der Waals surface area contributed by atoms with Crippen LogP contribution in [0.25, 0.3) is 0 Å². The first-order valence-corrected chi connectivity index (χ1v) is 6.41. The van der Waals surface area contributed by atoms with Gasteiger partial charge >= 0.3 is 0 Å². The van der Waals surface area contributed by atoms with Gasteiger partial charge in [-0.25, -0.2) is 0 Å². The average Bonchev–Trinajstić information content (AvgIpc) is 2.75. The Morgan fingerprint density at radius 2 is 2.17 bits per heavy atom. The van der Waals surface area contributed by atoms with E-state index in [-0.39, 0.29) is 5.91 Å². The van der Waals surface area contributed by atoms with Crippen LogP contribution in [0.2, 0.25) is 0 Å². The molecule has 6 heteroatoms. The summed E-state index contributed by atoms with van der Waals surface area (Å²) in [4.78, 5) is 16.3. The topological polar surface area (TPSA) is 61.6 Å². The van der Waals surface area contributed by atoms with Gasteiger partial charge in [-0.1, -0.05) is 5.16 Å². The summed E-state index contributed by atoms with van der Waals surface area (Å²) in [7, 11) is 0. The summed E-state index contributed by atoms with van der Waals surface area (Å²) < 4.78 is 4.93. The molecule has 18 heavy (non-hydrogen) atoms. The number of hydrogen-bond acceptors (Lipinski definition) is 5. The highest BCUT2D eigenvalue weighted by molar-refractivity contribution is 5.92. The van der Waals surface area contributed by atoms with Gasteiger partial charge in [0.15, 0.2) is 5.69 Å². The number of amides is 1. The van der Waals surface area contributed by atoms with Crippen LogP contribution in [0.15, 0.2) is 10.6 Å². The maximum Gasteiger partial charge on any atom is 0.276 e. The Hall–Kier alpha value is -1.40. The van der Waals surface area contributed by atoms with Crippen molar-refractivity contribution in [3.8, 4) is 0 Å². The van der Waals surface area contributed by atoms with E-state index in [1.807, 2.05) is 4.90 Å². The number of piperazine rings is 1. The van der Waals surface area contributed by atoms with Gasteiger partial charge in [-0.05, 0) is 6.92 Å². The second-order valence-electron chi connectivity index (χ2n) is 4.97. The highest BCUT2D eigenvalue weighted by Crippen LogP contribution is 2.18. The zero-order chi connectivity index (χ0) is 12.5. The van der Waals surface area contributed by atoms with Crippen molar-refractivity contribution in [1.29, 1.82) is 0 Å². The van der Waals surface area contributed by atoms with Crippen LogP contribution < -0.4 is 5.32 Å².